The highest BCUT2D eigenvalue weighted by Gasteiger charge is 2.16. The van der Waals surface area contributed by atoms with Crippen molar-refractivity contribution in [2.75, 3.05) is 10.6 Å². The number of hydrogen-bond donors (Lipinski definition) is 2. The lowest BCUT2D eigenvalue weighted by Gasteiger charge is -2.12. The Hall–Kier alpha value is -4.00. The van der Waals surface area contributed by atoms with Gasteiger partial charge in [0.2, 0.25) is 5.91 Å². The van der Waals surface area contributed by atoms with Gasteiger partial charge in [-0.25, -0.2) is 9.78 Å². The summed E-state index contributed by atoms with van der Waals surface area (Å²) in [6, 6.07) is 18.0. The van der Waals surface area contributed by atoms with E-state index >= 15 is 0 Å². The van der Waals surface area contributed by atoms with Crippen LogP contribution >= 0.6 is 0 Å². The number of hydrogen-bond acceptors (Lipinski definition) is 5. The molecule has 0 saturated carbocycles. The van der Waals surface area contributed by atoms with Gasteiger partial charge in [0.15, 0.2) is 6.10 Å². The van der Waals surface area contributed by atoms with Crippen LogP contribution in [0.1, 0.15) is 19.5 Å². The first kappa shape index (κ1) is 20.7. The Morgan fingerprint density at radius 2 is 1.60 bits per heavy atom. The lowest BCUT2D eigenvalue weighted by atomic mass is 10.2. The molecule has 7 heteroatoms. The van der Waals surface area contributed by atoms with Gasteiger partial charge < -0.3 is 15.4 Å². The van der Waals surface area contributed by atoms with Gasteiger partial charge in [-0.2, -0.15) is 0 Å². The van der Waals surface area contributed by atoms with Gasteiger partial charge in [0.05, 0.1) is 11.2 Å². The number of amides is 2. The fourth-order valence-electron chi connectivity index (χ4n) is 2.68. The predicted octanol–water partition coefficient (Wildman–Crippen LogP) is 3.78. The number of benzene rings is 2. The zero-order chi connectivity index (χ0) is 21.5. The number of esters is 1. The number of para-hydroxylation sites is 1. The zero-order valence-electron chi connectivity index (χ0n) is 16.6. The average Bonchev–Trinajstić information content (AvgIpc) is 2.73. The second-order valence-corrected chi connectivity index (χ2v) is 6.59. The van der Waals surface area contributed by atoms with Crippen LogP contribution in [-0.4, -0.2) is 28.9 Å². The van der Waals surface area contributed by atoms with Crippen LogP contribution < -0.4 is 10.6 Å². The van der Waals surface area contributed by atoms with E-state index in [4.69, 9.17) is 4.74 Å². The Bertz CT molecular complexity index is 1110. The highest BCUT2D eigenvalue weighted by Crippen LogP contribution is 2.15. The van der Waals surface area contributed by atoms with Crippen LogP contribution in [0, 0.1) is 0 Å². The van der Waals surface area contributed by atoms with Gasteiger partial charge >= 0.3 is 5.97 Å². The first-order valence-corrected chi connectivity index (χ1v) is 9.34. The normalized spacial score (nSPS) is 11.8. The molecule has 1 heterocycles. The van der Waals surface area contributed by atoms with E-state index < -0.39 is 18.0 Å². The molecule has 2 amide bonds. The fourth-order valence-corrected chi connectivity index (χ4v) is 2.68. The Kier molecular flexibility index (Phi) is 6.54. The monoisotopic (exact) mass is 403 g/mol. The van der Waals surface area contributed by atoms with Crippen molar-refractivity contribution in [1.82, 2.24) is 4.98 Å². The minimum atomic E-state index is -0.985. The Labute approximate surface area is 173 Å². The molecule has 152 valence electrons. The van der Waals surface area contributed by atoms with Crippen molar-refractivity contribution in [2.45, 2.75) is 20.0 Å². The van der Waals surface area contributed by atoms with Crippen molar-refractivity contribution in [2.24, 2.45) is 0 Å². The number of fused-ring (bicyclic) bond motifs is 1. The number of ether oxygens (including phenoxy) is 1. The SMILES string of the molecule is CC(=O)Nc1ccc(NC(=O)[C@@H](C)OC(=O)/C=C/c2ccc3ccccc3n2)cc1. The first-order valence-electron chi connectivity index (χ1n) is 9.34. The highest BCUT2D eigenvalue weighted by molar-refractivity contribution is 5.97. The summed E-state index contributed by atoms with van der Waals surface area (Å²) in [7, 11) is 0. The lowest BCUT2D eigenvalue weighted by molar-refractivity contribution is -0.148. The average molecular weight is 403 g/mol. The largest absolute Gasteiger partial charge is 0.449 e. The van der Waals surface area contributed by atoms with Crippen LogP contribution in [0.4, 0.5) is 11.4 Å². The quantitative estimate of drug-likeness (QED) is 0.482. The summed E-state index contributed by atoms with van der Waals surface area (Å²) in [5.41, 5.74) is 2.58. The molecule has 0 fully saturated rings. The van der Waals surface area contributed by atoms with E-state index in [2.05, 4.69) is 15.6 Å². The molecule has 0 aliphatic heterocycles. The van der Waals surface area contributed by atoms with Crippen molar-refractivity contribution in [3.05, 3.63) is 72.4 Å². The van der Waals surface area contributed by atoms with E-state index in [-0.39, 0.29) is 5.91 Å². The van der Waals surface area contributed by atoms with Gasteiger partial charge in [-0.05, 0) is 49.4 Å². The van der Waals surface area contributed by atoms with Crippen LogP contribution in [0.5, 0.6) is 0 Å². The van der Waals surface area contributed by atoms with Crippen molar-refractivity contribution < 1.29 is 19.1 Å². The molecule has 1 aromatic heterocycles. The van der Waals surface area contributed by atoms with Crippen LogP contribution in [0.3, 0.4) is 0 Å². The number of carbonyl (C=O) groups is 3. The van der Waals surface area contributed by atoms with Crippen molar-refractivity contribution >= 4 is 46.1 Å². The second-order valence-electron chi connectivity index (χ2n) is 6.59. The number of carbonyl (C=O) groups excluding carboxylic acids is 3. The predicted molar refractivity (Wildman–Crippen MR) is 116 cm³/mol. The maximum atomic E-state index is 12.2. The second kappa shape index (κ2) is 9.47. The first-order chi connectivity index (χ1) is 14.4. The van der Waals surface area contributed by atoms with E-state index in [1.165, 1.54) is 19.9 Å². The van der Waals surface area contributed by atoms with Crippen LogP contribution in [-0.2, 0) is 19.1 Å². The molecule has 1 atom stereocenters. The maximum Gasteiger partial charge on any atom is 0.331 e. The standard InChI is InChI=1S/C23H21N3O4/c1-15(23(29)26-20-11-9-18(10-12-20)24-16(2)27)30-22(28)14-13-19-8-7-17-5-3-4-6-21(17)25-19/h3-15H,1-2H3,(H,24,27)(H,26,29)/b14-13+/t15-/m1/s1. The molecule has 3 aromatic rings. The number of nitrogens with one attached hydrogen (secondary N) is 2. The molecule has 0 aliphatic rings. The number of anilines is 2. The third kappa shape index (κ3) is 5.75. The number of nitrogens with zero attached hydrogens (tertiary/aromatic N) is 1. The Balaban J connectivity index is 1.54. The van der Waals surface area contributed by atoms with Gasteiger partial charge in [0.25, 0.3) is 5.91 Å². The van der Waals surface area contributed by atoms with Gasteiger partial charge in [-0.3, -0.25) is 9.59 Å². The number of aromatic nitrogens is 1. The molecular formula is C23H21N3O4. The minimum Gasteiger partial charge on any atom is -0.449 e. The summed E-state index contributed by atoms with van der Waals surface area (Å²) in [6.45, 7) is 2.90. The molecule has 2 aromatic carbocycles. The van der Waals surface area contributed by atoms with Crippen LogP contribution in [0.25, 0.3) is 17.0 Å². The molecule has 0 aliphatic carbocycles. The summed E-state index contributed by atoms with van der Waals surface area (Å²) >= 11 is 0. The molecule has 0 bridgehead atoms. The van der Waals surface area contributed by atoms with Crippen LogP contribution in [0.15, 0.2) is 66.7 Å². The van der Waals surface area contributed by atoms with E-state index in [9.17, 15) is 14.4 Å². The Morgan fingerprint density at radius 1 is 0.933 bits per heavy atom. The molecule has 0 saturated heterocycles. The number of pyridine rings is 1. The van der Waals surface area contributed by atoms with Gasteiger partial charge in [0.1, 0.15) is 0 Å². The van der Waals surface area contributed by atoms with E-state index in [0.29, 0.717) is 17.1 Å². The molecule has 0 radical (unpaired) electrons. The van der Waals surface area contributed by atoms with E-state index in [1.54, 1.807) is 36.4 Å². The Morgan fingerprint density at radius 3 is 2.30 bits per heavy atom. The van der Waals surface area contributed by atoms with Crippen molar-refractivity contribution in [3.8, 4) is 0 Å². The molecule has 7 nitrogen and oxygen atoms in total. The van der Waals surface area contributed by atoms with Gasteiger partial charge in [-0.1, -0.05) is 24.3 Å². The summed E-state index contributed by atoms with van der Waals surface area (Å²) in [6.07, 6.45) is 1.80. The molecule has 0 unspecified atom stereocenters. The highest BCUT2D eigenvalue weighted by atomic mass is 16.5. The van der Waals surface area contributed by atoms with Gasteiger partial charge in [-0.15, -0.1) is 0 Å². The third-order valence-corrected chi connectivity index (χ3v) is 4.15. The van der Waals surface area contributed by atoms with E-state index in [0.717, 1.165) is 10.9 Å². The summed E-state index contributed by atoms with van der Waals surface area (Å²) in [4.78, 5) is 39.7. The van der Waals surface area contributed by atoms with Crippen LogP contribution in [0.2, 0.25) is 0 Å². The summed E-state index contributed by atoms with van der Waals surface area (Å²) in [5.74, 6) is -1.29. The molecule has 0 spiro atoms. The molecule has 30 heavy (non-hydrogen) atoms. The van der Waals surface area contributed by atoms with E-state index in [1.807, 2.05) is 30.3 Å². The minimum absolute atomic E-state index is 0.181. The third-order valence-electron chi connectivity index (χ3n) is 4.15. The van der Waals surface area contributed by atoms with Crippen molar-refractivity contribution in [1.29, 1.82) is 0 Å². The maximum absolute atomic E-state index is 12.2. The van der Waals surface area contributed by atoms with Gasteiger partial charge in [0, 0.05) is 29.8 Å². The number of rotatable bonds is 6. The topological polar surface area (TPSA) is 97.4 Å². The fraction of sp³-hybridized carbons (Fsp3) is 0.130. The molecule has 2 N–H and O–H groups in total. The summed E-state index contributed by atoms with van der Waals surface area (Å²) in [5, 5.41) is 6.30. The molecule has 3 rings (SSSR count). The molecular weight excluding hydrogens is 382 g/mol. The van der Waals surface area contributed by atoms with Crippen molar-refractivity contribution in [3.63, 3.8) is 0 Å². The lowest BCUT2D eigenvalue weighted by Crippen LogP contribution is -2.29. The summed E-state index contributed by atoms with van der Waals surface area (Å²) < 4.78 is 5.15. The smallest absolute Gasteiger partial charge is 0.331 e. The zero-order valence-corrected chi connectivity index (χ0v) is 16.6.